The number of aryl methyl sites for hydroxylation is 1. The molecule has 14 heavy (non-hydrogen) atoms. The Bertz CT molecular complexity index is 287. The van der Waals surface area contributed by atoms with Crippen LogP contribution in [0.25, 0.3) is 0 Å². The maximum absolute atomic E-state index is 3.32. The molecule has 0 aliphatic carbocycles. The predicted octanol–water partition coefficient (Wildman–Crippen LogP) is 4.36. The molecule has 0 atom stereocenters. The molecule has 0 aliphatic heterocycles. The molecule has 1 N–H and O–H groups in total. The van der Waals surface area contributed by atoms with Gasteiger partial charge in [0.2, 0.25) is 0 Å². The van der Waals surface area contributed by atoms with Gasteiger partial charge < -0.3 is 5.32 Å². The normalized spacial score (nSPS) is 10.2. The number of hydrogen-bond acceptors (Lipinski definition) is 1. The largest absolute Gasteiger partial charge is 0.359 e. The Morgan fingerprint density at radius 3 is 2.29 bits per heavy atom. The molecule has 0 amide bonds. The smallest absolute Gasteiger partial charge is 0.0411 e. The summed E-state index contributed by atoms with van der Waals surface area (Å²) in [7, 11) is 0. The Balaban J connectivity index is 0.000000791. The van der Waals surface area contributed by atoms with Gasteiger partial charge in [0.1, 0.15) is 0 Å². The van der Waals surface area contributed by atoms with E-state index < -0.39 is 0 Å². The van der Waals surface area contributed by atoms with E-state index in [0.717, 1.165) is 0 Å². The highest BCUT2D eigenvalue weighted by Crippen LogP contribution is 2.14. The molecule has 0 aromatic heterocycles. The van der Waals surface area contributed by atoms with Crippen LogP contribution in [-0.2, 0) is 0 Å². The van der Waals surface area contributed by atoms with Crippen LogP contribution in [0.15, 0.2) is 36.0 Å². The van der Waals surface area contributed by atoms with Crippen LogP contribution in [0.4, 0.5) is 5.69 Å². The molecule has 0 unspecified atom stereocenters. The average Bonchev–Trinajstić information content (AvgIpc) is 2.24. The molecule has 0 heterocycles. The highest BCUT2D eigenvalue weighted by molar-refractivity contribution is 5.53. The van der Waals surface area contributed by atoms with Crippen LogP contribution in [0.3, 0.4) is 0 Å². The summed E-state index contributed by atoms with van der Waals surface area (Å²) in [6, 6.07) is 8.28. The van der Waals surface area contributed by atoms with Gasteiger partial charge >= 0.3 is 0 Å². The van der Waals surface area contributed by atoms with Gasteiger partial charge in [-0.05, 0) is 32.4 Å². The number of anilines is 1. The van der Waals surface area contributed by atoms with Crippen LogP contribution in [0, 0.1) is 6.92 Å². The second-order valence-electron chi connectivity index (χ2n) is 2.91. The van der Waals surface area contributed by atoms with E-state index in [-0.39, 0.29) is 0 Å². The van der Waals surface area contributed by atoms with E-state index >= 15 is 0 Å². The second kappa shape index (κ2) is 7.19. The third-order valence-corrected chi connectivity index (χ3v) is 1.91. The SMILES string of the molecule is C/C=C(\C)Nc1ccccc1C.CC. The van der Waals surface area contributed by atoms with Crippen molar-refractivity contribution in [2.75, 3.05) is 5.32 Å². The molecule has 0 saturated carbocycles. The fourth-order valence-electron chi connectivity index (χ4n) is 0.998. The lowest BCUT2D eigenvalue weighted by Crippen LogP contribution is -1.96. The monoisotopic (exact) mass is 191 g/mol. The minimum Gasteiger partial charge on any atom is -0.359 e. The Morgan fingerprint density at radius 2 is 1.79 bits per heavy atom. The van der Waals surface area contributed by atoms with Gasteiger partial charge in [-0.25, -0.2) is 0 Å². The first kappa shape index (κ1) is 12.8. The molecule has 1 aromatic rings. The summed E-state index contributed by atoms with van der Waals surface area (Å²) in [6.45, 7) is 10.2. The van der Waals surface area contributed by atoms with E-state index in [1.165, 1.54) is 16.9 Å². The van der Waals surface area contributed by atoms with Gasteiger partial charge in [-0.2, -0.15) is 0 Å². The fraction of sp³-hybridized carbons (Fsp3) is 0.385. The predicted molar refractivity (Wildman–Crippen MR) is 65.6 cm³/mol. The number of rotatable bonds is 2. The lowest BCUT2D eigenvalue weighted by molar-refractivity contribution is 1.32. The quantitative estimate of drug-likeness (QED) is 0.732. The number of allylic oxidation sites excluding steroid dienone is 2. The lowest BCUT2D eigenvalue weighted by atomic mass is 10.2. The highest BCUT2D eigenvalue weighted by Gasteiger charge is 1.94. The van der Waals surface area contributed by atoms with Crippen molar-refractivity contribution < 1.29 is 0 Å². The first-order chi connectivity index (χ1) is 6.74. The summed E-state index contributed by atoms with van der Waals surface area (Å²) in [5, 5.41) is 3.32. The van der Waals surface area contributed by atoms with Crippen molar-refractivity contribution in [3.8, 4) is 0 Å². The molecule has 0 aliphatic rings. The number of para-hydroxylation sites is 1. The van der Waals surface area contributed by atoms with Crippen molar-refractivity contribution >= 4 is 5.69 Å². The van der Waals surface area contributed by atoms with Crippen LogP contribution in [0.1, 0.15) is 33.3 Å². The van der Waals surface area contributed by atoms with Crippen molar-refractivity contribution in [3.05, 3.63) is 41.6 Å². The maximum atomic E-state index is 3.32. The van der Waals surface area contributed by atoms with Crippen LogP contribution in [0.2, 0.25) is 0 Å². The average molecular weight is 191 g/mol. The summed E-state index contributed by atoms with van der Waals surface area (Å²) >= 11 is 0. The van der Waals surface area contributed by atoms with E-state index in [1.807, 2.05) is 32.9 Å². The zero-order valence-electron chi connectivity index (χ0n) is 9.89. The standard InChI is InChI=1S/C11H15N.C2H6/c1-4-10(3)12-11-8-6-5-7-9(11)2;1-2/h4-8,12H,1-3H3;1-2H3/b10-4+;. The Labute approximate surface area is 87.9 Å². The van der Waals surface area contributed by atoms with Gasteiger partial charge in [-0.15, -0.1) is 0 Å². The van der Waals surface area contributed by atoms with Crippen LogP contribution in [-0.4, -0.2) is 0 Å². The van der Waals surface area contributed by atoms with Crippen LogP contribution < -0.4 is 5.32 Å². The number of nitrogens with one attached hydrogen (secondary N) is 1. The van der Waals surface area contributed by atoms with Gasteiger partial charge in [0.05, 0.1) is 0 Å². The summed E-state index contributed by atoms with van der Waals surface area (Å²) in [4.78, 5) is 0. The molecule has 0 saturated heterocycles. The van der Waals surface area contributed by atoms with Gasteiger partial charge in [0.15, 0.2) is 0 Å². The highest BCUT2D eigenvalue weighted by atomic mass is 14.9. The van der Waals surface area contributed by atoms with Crippen molar-refractivity contribution in [1.82, 2.24) is 0 Å². The summed E-state index contributed by atoms with van der Waals surface area (Å²) in [5.41, 5.74) is 3.65. The van der Waals surface area contributed by atoms with E-state index in [2.05, 4.69) is 37.4 Å². The molecule has 0 radical (unpaired) electrons. The minimum atomic E-state index is 1.18. The van der Waals surface area contributed by atoms with E-state index in [0.29, 0.717) is 0 Å². The second-order valence-corrected chi connectivity index (χ2v) is 2.91. The first-order valence-corrected chi connectivity index (χ1v) is 5.19. The van der Waals surface area contributed by atoms with E-state index in [9.17, 15) is 0 Å². The molecule has 1 aromatic carbocycles. The Morgan fingerprint density at radius 1 is 1.21 bits per heavy atom. The van der Waals surface area contributed by atoms with Crippen molar-refractivity contribution in [2.24, 2.45) is 0 Å². The minimum absolute atomic E-state index is 1.18. The Kier molecular flexibility index (Phi) is 6.55. The molecule has 1 heteroatoms. The maximum Gasteiger partial charge on any atom is 0.0411 e. The van der Waals surface area contributed by atoms with Crippen LogP contribution >= 0.6 is 0 Å². The van der Waals surface area contributed by atoms with E-state index in [4.69, 9.17) is 0 Å². The molecule has 78 valence electrons. The van der Waals surface area contributed by atoms with Crippen molar-refractivity contribution in [3.63, 3.8) is 0 Å². The molecule has 1 rings (SSSR count). The fourth-order valence-corrected chi connectivity index (χ4v) is 0.998. The zero-order valence-corrected chi connectivity index (χ0v) is 9.89. The third kappa shape index (κ3) is 4.13. The number of hydrogen-bond donors (Lipinski definition) is 1. The van der Waals surface area contributed by atoms with Gasteiger partial charge in [-0.1, -0.05) is 38.1 Å². The van der Waals surface area contributed by atoms with Crippen molar-refractivity contribution in [1.29, 1.82) is 0 Å². The molecule has 0 fully saturated rings. The van der Waals surface area contributed by atoms with Gasteiger partial charge in [0, 0.05) is 11.4 Å². The lowest BCUT2D eigenvalue weighted by Gasteiger charge is -2.08. The number of benzene rings is 1. The van der Waals surface area contributed by atoms with Gasteiger partial charge in [-0.3, -0.25) is 0 Å². The molecule has 0 bridgehead atoms. The topological polar surface area (TPSA) is 12.0 Å². The summed E-state index contributed by atoms with van der Waals surface area (Å²) in [6.07, 6.45) is 2.06. The third-order valence-electron chi connectivity index (χ3n) is 1.91. The first-order valence-electron chi connectivity index (χ1n) is 5.19. The molecule has 1 nitrogen and oxygen atoms in total. The van der Waals surface area contributed by atoms with Gasteiger partial charge in [0.25, 0.3) is 0 Å². The molecule has 0 spiro atoms. The summed E-state index contributed by atoms with van der Waals surface area (Å²) in [5.74, 6) is 0. The van der Waals surface area contributed by atoms with Crippen LogP contribution in [0.5, 0.6) is 0 Å². The van der Waals surface area contributed by atoms with Crippen molar-refractivity contribution in [2.45, 2.75) is 34.6 Å². The molecular formula is C13H21N. The zero-order chi connectivity index (χ0) is 11.0. The van der Waals surface area contributed by atoms with E-state index in [1.54, 1.807) is 0 Å². The molecular weight excluding hydrogens is 170 g/mol. The summed E-state index contributed by atoms with van der Waals surface area (Å²) < 4.78 is 0. The Hall–Kier alpha value is -1.24.